The van der Waals surface area contributed by atoms with Crippen molar-refractivity contribution in [3.05, 3.63) is 22.3 Å². The highest BCUT2D eigenvalue weighted by atomic mass is 79.9. The molecular weight excluding hydrogens is 256 g/mol. The van der Waals surface area contributed by atoms with E-state index in [4.69, 9.17) is 10.5 Å². The predicted octanol–water partition coefficient (Wildman–Crippen LogP) is 2.41. The molecule has 0 saturated heterocycles. The third kappa shape index (κ3) is 2.49. The molecule has 2 atom stereocenters. The van der Waals surface area contributed by atoms with Gasteiger partial charge in [-0.05, 0) is 48.2 Å². The van der Waals surface area contributed by atoms with Gasteiger partial charge in [-0.1, -0.05) is 0 Å². The molecule has 1 saturated carbocycles. The van der Waals surface area contributed by atoms with E-state index in [9.17, 15) is 0 Å². The Kier molecular flexibility index (Phi) is 3.26. The van der Waals surface area contributed by atoms with Crippen molar-refractivity contribution in [2.24, 2.45) is 5.73 Å². The van der Waals surface area contributed by atoms with E-state index in [1.54, 1.807) is 0 Å². The van der Waals surface area contributed by atoms with Crippen molar-refractivity contribution in [3.8, 4) is 5.88 Å². The third-order valence-electron chi connectivity index (χ3n) is 2.77. The molecule has 3 nitrogen and oxygen atoms in total. The van der Waals surface area contributed by atoms with Gasteiger partial charge in [0.25, 0.3) is 0 Å². The van der Waals surface area contributed by atoms with Gasteiger partial charge in [0.15, 0.2) is 0 Å². The van der Waals surface area contributed by atoms with Gasteiger partial charge in [0.1, 0.15) is 6.10 Å². The second-order valence-electron chi connectivity index (χ2n) is 3.97. The van der Waals surface area contributed by atoms with E-state index >= 15 is 0 Å². The van der Waals surface area contributed by atoms with E-state index in [1.165, 1.54) is 0 Å². The zero-order valence-corrected chi connectivity index (χ0v) is 10.3. The molecule has 0 spiro atoms. The van der Waals surface area contributed by atoms with Gasteiger partial charge in [-0.2, -0.15) is 0 Å². The molecule has 1 aromatic heterocycles. The molecular formula is C11H15BrN2O. The van der Waals surface area contributed by atoms with Gasteiger partial charge in [-0.3, -0.25) is 0 Å². The van der Waals surface area contributed by atoms with Gasteiger partial charge in [0.05, 0.1) is 5.69 Å². The van der Waals surface area contributed by atoms with Crippen LogP contribution in [0.25, 0.3) is 0 Å². The lowest BCUT2D eigenvalue weighted by Crippen LogP contribution is -2.33. The lowest BCUT2D eigenvalue weighted by Gasteiger charge is -2.17. The number of aromatic nitrogens is 1. The summed E-state index contributed by atoms with van der Waals surface area (Å²) in [4.78, 5) is 4.35. The Morgan fingerprint density at radius 3 is 2.87 bits per heavy atom. The molecule has 0 amide bonds. The van der Waals surface area contributed by atoms with E-state index in [-0.39, 0.29) is 12.1 Å². The topological polar surface area (TPSA) is 48.1 Å². The molecule has 0 aliphatic heterocycles. The summed E-state index contributed by atoms with van der Waals surface area (Å²) in [5, 5.41) is 0. The molecule has 0 aromatic carbocycles. The second kappa shape index (κ2) is 4.49. The highest BCUT2D eigenvalue weighted by Gasteiger charge is 2.25. The predicted molar refractivity (Wildman–Crippen MR) is 62.9 cm³/mol. The molecule has 2 unspecified atom stereocenters. The molecule has 4 heteroatoms. The molecule has 82 valence electrons. The first kappa shape index (κ1) is 10.9. The lowest BCUT2D eigenvalue weighted by atomic mass is 10.2. The van der Waals surface area contributed by atoms with Gasteiger partial charge in [-0.25, -0.2) is 4.98 Å². The highest BCUT2D eigenvalue weighted by molar-refractivity contribution is 9.10. The Hall–Kier alpha value is -0.610. The highest BCUT2D eigenvalue weighted by Crippen LogP contribution is 2.24. The minimum atomic E-state index is 0.137. The standard InChI is InChI=1S/C11H15BrN2O/c1-7-8(12)5-6-11(14-7)15-10-4-2-3-9(10)13/h5-6,9-10H,2-4,13H2,1H3. The Morgan fingerprint density at radius 1 is 1.47 bits per heavy atom. The van der Waals surface area contributed by atoms with Crippen LogP contribution >= 0.6 is 15.9 Å². The number of nitrogens with zero attached hydrogens (tertiary/aromatic N) is 1. The van der Waals surface area contributed by atoms with Crippen LogP contribution in [0.5, 0.6) is 5.88 Å². The quantitative estimate of drug-likeness (QED) is 0.898. The van der Waals surface area contributed by atoms with Crippen molar-refractivity contribution in [3.63, 3.8) is 0 Å². The van der Waals surface area contributed by atoms with E-state index in [0.29, 0.717) is 5.88 Å². The monoisotopic (exact) mass is 270 g/mol. The van der Waals surface area contributed by atoms with E-state index in [1.807, 2.05) is 19.1 Å². The fourth-order valence-corrected chi connectivity index (χ4v) is 2.06. The molecule has 1 heterocycles. The molecule has 15 heavy (non-hydrogen) atoms. The van der Waals surface area contributed by atoms with Gasteiger partial charge in [0.2, 0.25) is 5.88 Å². The number of aryl methyl sites for hydroxylation is 1. The van der Waals surface area contributed by atoms with Crippen molar-refractivity contribution in [2.75, 3.05) is 0 Å². The molecule has 1 aliphatic carbocycles. The third-order valence-corrected chi connectivity index (χ3v) is 3.61. The van der Waals surface area contributed by atoms with Crippen molar-refractivity contribution in [1.82, 2.24) is 4.98 Å². The second-order valence-corrected chi connectivity index (χ2v) is 4.82. The van der Waals surface area contributed by atoms with Crippen molar-refractivity contribution >= 4 is 15.9 Å². The first-order valence-corrected chi connectivity index (χ1v) is 6.01. The number of hydrogen-bond acceptors (Lipinski definition) is 3. The van der Waals surface area contributed by atoms with Crippen LogP contribution < -0.4 is 10.5 Å². The van der Waals surface area contributed by atoms with Crippen molar-refractivity contribution < 1.29 is 4.74 Å². The van der Waals surface area contributed by atoms with Crippen LogP contribution in [0.15, 0.2) is 16.6 Å². The Bertz CT molecular complexity index is 356. The normalized spacial score (nSPS) is 25.5. The SMILES string of the molecule is Cc1nc(OC2CCCC2N)ccc1Br. The number of pyridine rings is 1. The fourth-order valence-electron chi connectivity index (χ4n) is 1.84. The van der Waals surface area contributed by atoms with Crippen LogP contribution in [0.3, 0.4) is 0 Å². The largest absolute Gasteiger partial charge is 0.473 e. The van der Waals surface area contributed by atoms with Crippen molar-refractivity contribution in [2.45, 2.75) is 38.3 Å². The number of ether oxygens (including phenoxy) is 1. The Balaban J connectivity index is 2.07. The first-order valence-electron chi connectivity index (χ1n) is 5.22. The van der Waals surface area contributed by atoms with Crippen LogP contribution in [0.1, 0.15) is 25.0 Å². The van der Waals surface area contributed by atoms with Crippen LogP contribution in [-0.4, -0.2) is 17.1 Å². The summed E-state index contributed by atoms with van der Waals surface area (Å²) in [7, 11) is 0. The maximum absolute atomic E-state index is 5.93. The van der Waals surface area contributed by atoms with Gasteiger partial charge in [-0.15, -0.1) is 0 Å². The molecule has 1 aromatic rings. The van der Waals surface area contributed by atoms with Gasteiger partial charge < -0.3 is 10.5 Å². The van der Waals surface area contributed by atoms with Gasteiger partial charge >= 0.3 is 0 Å². The average Bonchev–Trinajstić information content (AvgIpc) is 2.59. The zero-order valence-electron chi connectivity index (χ0n) is 8.74. The Morgan fingerprint density at radius 2 is 2.27 bits per heavy atom. The van der Waals surface area contributed by atoms with Crippen LogP contribution in [0.2, 0.25) is 0 Å². The summed E-state index contributed by atoms with van der Waals surface area (Å²) < 4.78 is 6.77. The summed E-state index contributed by atoms with van der Waals surface area (Å²) >= 11 is 3.41. The maximum atomic E-state index is 5.93. The minimum absolute atomic E-state index is 0.137. The molecule has 0 radical (unpaired) electrons. The van der Waals surface area contributed by atoms with E-state index in [0.717, 1.165) is 29.4 Å². The molecule has 1 aliphatic rings. The van der Waals surface area contributed by atoms with Crippen LogP contribution in [0, 0.1) is 6.92 Å². The van der Waals surface area contributed by atoms with Crippen LogP contribution in [-0.2, 0) is 0 Å². The van der Waals surface area contributed by atoms with Crippen LogP contribution in [0.4, 0.5) is 0 Å². The Labute approximate surface area is 98.2 Å². The molecule has 0 bridgehead atoms. The summed E-state index contributed by atoms with van der Waals surface area (Å²) in [6, 6.07) is 4.00. The summed E-state index contributed by atoms with van der Waals surface area (Å²) in [6.45, 7) is 1.95. The summed E-state index contributed by atoms with van der Waals surface area (Å²) in [6.07, 6.45) is 3.39. The minimum Gasteiger partial charge on any atom is -0.473 e. The molecule has 2 rings (SSSR count). The lowest BCUT2D eigenvalue weighted by molar-refractivity contribution is 0.183. The summed E-state index contributed by atoms with van der Waals surface area (Å²) in [5.41, 5.74) is 6.88. The van der Waals surface area contributed by atoms with E-state index < -0.39 is 0 Å². The number of hydrogen-bond donors (Lipinski definition) is 1. The smallest absolute Gasteiger partial charge is 0.213 e. The van der Waals surface area contributed by atoms with E-state index in [2.05, 4.69) is 20.9 Å². The fraction of sp³-hybridized carbons (Fsp3) is 0.545. The maximum Gasteiger partial charge on any atom is 0.213 e. The molecule has 2 N–H and O–H groups in total. The van der Waals surface area contributed by atoms with Crippen molar-refractivity contribution in [1.29, 1.82) is 0 Å². The summed E-state index contributed by atoms with van der Waals surface area (Å²) in [5.74, 6) is 0.679. The van der Waals surface area contributed by atoms with Gasteiger partial charge in [0, 0.05) is 16.6 Å². The number of rotatable bonds is 2. The number of halogens is 1. The zero-order chi connectivity index (χ0) is 10.8. The number of nitrogens with two attached hydrogens (primary N) is 1. The average molecular weight is 271 g/mol. The first-order chi connectivity index (χ1) is 7.16. The molecule has 1 fully saturated rings.